The first-order valence-electron chi connectivity index (χ1n) is 8.37. The number of anilines is 1. The van der Waals surface area contributed by atoms with Crippen LogP contribution in [0.2, 0.25) is 0 Å². The van der Waals surface area contributed by atoms with Crippen LogP contribution in [0.15, 0.2) is 66.9 Å². The summed E-state index contributed by atoms with van der Waals surface area (Å²) in [6, 6.07) is 16.1. The fourth-order valence-corrected chi connectivity index (χ4v) is 3.38. The van der Waals surface area contributed by atoms with Crippen molar-refractivity contribution in [2.45, 2.75) is 12.6 Å². The summed E-state index contributed by atoms with van der Waals surface area (Å²) in [6.45, 7) is 1.06. The van der Waals surface area contributed by atoms with E-state index in [1.54, 1.807) is 4.90 Å². The molecule has 0 spiro atoms. The van der Waals surface area contributed by atoms with E-state index in [9.17, 15) is 13.6 Å². The molecule has 1 unspecified atom stereocenters. The van der Waals surface area contributed by atoms with Crippen molar-refractivity contribution in [3.8, 4) is 0 Å². The van der Waals surface area contributed by atoms with Crippen molar-refractivity contribution in [1.82, 2.24) is 9.47 Å². The molecule has 4 rings (SSSR count). The van der Waals surface area contributed by atoms with Crippen molar-refractivity contribution in [2.75, 3.05) is 11.9 Å². The minimum Gasteiger partial charge on any atom is -0.348 e. The number of amides is 2. The third kappa shape index (κ3) is 2.83. The Bertz CT molecular complexity index is 919. The summed E-state index contributed by atoms with van der Waals surface area (Å²) in [5, 5.41) is 2.40. The quantitative estimate of drug-likeness (QED) is 0.728. The summed E-state index contributed by atoms with van der Waals surface area (Å²) in [7, 11) is 0. The first-order chi connectivity index (χ1) is 12.6. The van der Waals surface area contributed by atoms with Gasteiger partial charge >= 0.3 is 6.03 Å². The second-order valence-electron chi connectivity index (χ2n) is 6.16. The zero-order valence-corrected chi connectivity index (χ0v) is 13.9. The van der Waals surface area contributed by atoms with Crippen LogP contribution < -0.4 is 5.32 Å². The average Bonchev–Trinajstić information content (AvgIpc) is 3.13. The van der Waals surface area contributed by atoms with E-state index in [-0.39, 0.29) is 6.04 Å². The highest BCUT2D eigenvalue weighted by Gasteiger charge is 2.32. The van der Waals surface area contributed by atoms with Crippen LogP contribution in [0.4, 0.5) is 19.3 Å². The van der Waals surface area contributed by atoms with Crippen LogP contribution in [0, 0.1) is 11.6 Å². The standard InChI is InChI=1S/C20H17F2N3O/c21-15-8-4-9-16(22)18(15)23-20(26)25-13-12-24-11-5-10-17(24)19(25)14-6-2-1-3-7-14/h1-11,19H,12-13H2,(H,23,26). The third-order valence-corrected chi connectivity index (χ3v) is 4.61. The molecule has 0 radical (unpaired) electrons. The number of benzene rings is 2. The van der Waals surface area contributed by atoms with E-state index in [0.29, 0.717) is 13.1 Å². The first-order valence-corrected chi connectivity index (χ1v) is 8.37. The summed E-state index contributed by atoms with van der Waals surface area (Å²) < 4.78 is 29.9. The van der Waals surface area contributed by atoms with Gasteiger partial charge in [0.25, 0.3) is 0 Å². The normalized spacial score (nSPS) is 16.2. The van der Waals surface area contributed by atoms with Gasteiger partial charge in [0.2, 0.25) is 0 Å². The van der Waals surface area contributed by atoms with Gasteiger partial charge in [-0.05, 0) is 29.8 Å². The van der Waals surface area contributed by atoms with Crippen molar-refractivity contribution >= 4 is 11.7 Å². The number of hydrogen-bond donors (Lipinski definition) is 1. The number of para-hydroxylation sites is 1. The Hall–Kier alpha value is -3.15. The van der Waals surface area contributed by atoms with Crippen molar-refractivity contribution in [1.29, 1.82) is 0 Å². The molecule has 1 aromatic heterocycles. The zero-order chi connectivity index (χ0) is 18.1. The van der Waals surface area contributed by atoms with Crippen molar-refractivity contribution in [3.63, 3.8) is 0 Å². The lowest BCUT2D eigenvalue weighted by molar-refractivity contribution is 0.181. The number of fused-ring (bicyclic) bond motifs is 1. The fraction of sp³-hybridized carbons (Fsp3) is 0.150. The number of nitrogens with one attached hydrogen (secondary N) is 1. The maximum absolute atomic E-state index is 13.9. The molecule has 2 heterocycles. The summed E-state index contributed by atoms with van der Waals surface area (Å²) in [6.07, 6.45) is 1.97. The highest BCUT2D eigenvalue weighted by Crippen LogP contribution is 2.33. The molecule has 1 atom stereocenters. The lowest BCUT2D eigenvalue weighted by Crippen LogP contribution is -2.44. The Kier molecular flexibility index (Phi) is 4.16. The second-order valence-corrected chi connectivity index (χ2v) is 6.16. The molecule has 1 aliphatic rings. The van der Waals surface area contributed by atoms with E-state index >= 15 is 0 Å². The Labute approximate surface area is 149 Å². The van der Waals surface area contributed by atoms with Gasteiger partial charge in [-0.2, -0.15) is 0 Å². The van der Waals surface area contributed by atoms with E-state index in [4.69, 9.17) is 0 Å². The SMILES string of the molecule is O=C(Nc1c(F)cccc1F)N1CCn2cccc2C1c1ccccc1. The number of carbonyl (C=O) groups excluding carboxylic acids is 1. The lowest BCUT2D eigenvalue weighted by Gasteiger charge is -2.37. The van der Waals surface area contributed by atoms with Crippen molar-refractivity contribution in [2.24, 2.45) is 0 Å². The monoisotopic (exact) mass is 353 g/mol. The number of halogens is 2. The zero-order valence-electron chi connectivity index (χ0n) is 13.9. The highest BCUT2D eigenvalue weighted by molar-refractivity contribution is 5.90. The summed E-state index contributed by atoms with van der Waals surface area (Å²) in [5.41, 5.74) is 1.48. The number of aromatic nitrogens is 1. The molecule has 2 aromatic carbocycles. The van der Waals surface area contributed by atoms with Gasteiger partial charge in [-0.1, -0.05) is 36.4 Å². The third-order valence-electron chi connectivity index (χ3n) is 4.61. The van der Waals surface area contributed by atoms with Crippen molar-refractivity contribution in [3.05, 3.63) is 89.8 Å². The molecule has 0 aliphatic carbocycles. The smallest absolute Gasteiger partial charge is 0.322 e. The number of carbonyl (C=O) groups is 1. The average molecular weight is 353 g/mol. The number of rotatable bonds is 2. The van der Waals surface area contributed by atoms with E-state index in [1.807, 2.05) is 48.7 Å². The molecule has 0 bridgehead atoms. The lowest BCUT2D eigenvalue weighted by atomic mass is 10.0. The molecule has 2 amide bonds. The van der Waals surface area contributed by atoms with Gasteiger partial charge in [0.15, 0.2) is 0 Å². The van der Waals surface area contributed by atoms with Gasteiger partial charge < -0.3 is 14.8 Å². The van der Waals surface area contributed by atoms with Crippen LogP contribution in [0.3, 0.4) is 0 Å². The predicted molar refractivity (Wildman–Crippen MR) is 94.8 cm³/mol. The highest BCUT2D eigenvalue weighted by atomic mass is 19.1. The molecular weight excluding hydrogens is 336 g/mol. The van der Waals surface area contributed by atoms with Crippen LogP contribution in [-0.4, -0.2) is 22.0 Å². The number of nitrogens with zero attached hydrogens (tertiary/aromatic N) is 2. The fourth-order valence-electron chi connectivity index (χ4n) is 3.38. The Morgan fingerprint density at radius 1 is 0.923 bits per heavy atom. The predicted octanol–water partition coefficient (Wildman–Crippen LogP) is 4.40. The summed E-state index contributed by atoms with van der Waals surface area (Å²) >= 11 is 0. The Morgan fingerprint density at radius 2 is 1.65 bits per heavy atom. The minimum atomic E-state index is -0.796. The maximum Gasteiger partial charge on any atom is 0.322 e. The topological polar surface area (TPSA) is 37.3 Å². The van der Waals surface area contributed by atoms with Gasteiger partial charge in [0.1, 0.15) is 17.3 Å². The van der Waals surface area contributed by atoms with Crippen molar-refractivity contribution < 1.29 is 13.6 Å². The number of hydrogen-bond acceptors (Lipinski definition) is 1. The van der Waals surface area contributed by atoms with E-state index in [2.05, 4.69) is 9.88 Å². The van der Waals surface area contributed by atoms with E-state index in [1.165, 1.54) is 6.07 Å². The van der Waals surface area contributed by atoms with Crippen LogP contribution in [0.25, 0.3) is 0 Å². The van der Waals surface area contributed by atoms with Gasteiger partial charge in [-0.3, -0.25) is 0 Å². The Morgan fingerprint density at radius 3 is 2.38 bits per heavy atom. The molecule has 0 fully saturated rings. The number of urea groups is 1. The molecule has 1 N–H and O–H groups in total. The van der Waals surface area contributed by atoms with Crippen LogP contribution in [0.1, 0.15) is 17.3 Å². The molecule has 3 aromatic rings. The van der Waals surface area contributed by atoms with Crippen LogP contribution in [-0.2, 0) is 6.54 Å². The van der Waals surface area contributed by atoms with Gasteiger partial charge in [-0.25, -0.2) is 13.6 Å². The molecule has 26 heavy (non-hydrogen) atoms. The second kappa shape index (κ2) is 6.63. The molecular formula is C20H17F2N3O. The van der Waals surface area contributed by atoms with Gasteiger partial charge in [0.05, 0.1) is 6.04 Å². The summed E-state index contributed by atoms with van der Waals surface area (Å²) in [5.74, 6) is -1.59. The Balaban J connectivity index is 1.69. The molecule has 1 aliphatic heterocycles. The largest absolute Gasteiger partial charge is 0.348 e. The molecule has 4 nitrogen and oxygen atoms in total. The summed E-state index contributed by atoms with van der Waals surface area (Å²) in [4.78, 5) is 14.5. The van der Waals surface area contributed by atoms with Crippen LogP contribution >= 0.6 is 0 Å². The molecule has 132 valence electrons. The van der Waals surface area contributed by atoms with E-state index in [0.717, 1.165) is 23.4 Å². The molecule has 0 saturated carbocycles. The van der Waals surface area contributed by atoms with Gasteiger partial charge in [-0.15, -0.1) is 0 Å². The maximum atomic E-state index is 13.9. The molecule has 6 heteroatoms. The van der Waals surface area contributed by atoms with Crippen LogP contribution in [0.5, 0.6) is 0 Å². The van der Waals surface area contributed by atoms with Gasteiger partial charge in [0, 0.05) is 25.0 Å². The minimum absolute atomic E-state index is 0.324. The van der Waals surface area contributed by atoms with E-state index < -0.39 is 23.4 Å². The first kappa shape index (κ1) is 16.3. The molecule has 0 saturated heterocycles.